The molecule has 23 nitrogen and oxygen atoms in total. The van der Waals surface area contributed by atoms with Crippen molar-refractivity contribution < 1.29 is 66.9 Å². The van der Waals surface area contributed by atoms with E-state index in [1.165, 1.54) is 10.6 Å². The van der Waals surface area contributed by atoms with Crippen molar-refractivity contribution in [3.63, 3.8) is 0 Å². The van der Waals surface area contributed by atoms with E-state index in [2.05, 4.69) is 31.9 Å². The fraction of sp³-hybridized carbons (Fsp3) is 0.426. The number of imide groups is 1. The highest BCUT2D eigenvalue weighted by molar-refractivity contribution is 6.12. The lowest BCUT2D eigenvalue weighted by molar-refractivity contribution is -0.172. The molecule has 78 heavy (non-hydrogen) atoms. The maximum absolute atomic E-state index is 15.4. The second-order valence-electron chi connectivity index (χ2n) is 19.7. The summed E-state index contributed by atoms with van der Waals surface area (Å²) < 4.78 is 33.2. The van der Waals surface area contributed by atoms with Gasteiger partial charge < -0.3 is 55.8 Å². The SMILES string of the molecule is CC[C@@]1(O)C(=O)OCc2c1cc1n(c2=O)Cc2c-1nc1cc(F)c(C)c3c1c2[C@@H](NC(=O)C1CC1COCNC(=O)CNC(=O)C(Cc1ccccc1)NC(=O)CNC(=O)CNC(=O)CCOCCN1C(=O)C=CC1=O)CC3. The average molecular weight is 1080 g/mol. The summed E-state index contributed by atoms with van der Waals surface area (Å²) in [6.07, 6.45) is 3.64. The molecule has 5 aliphatic rings. The van der Waals surface area contributed by atoms with Crippen LogP contribution in [0.5, 0.6) is 0 Å². The summed E-state index contributed by atoms with van der Waals surface area (Å²) in [5.41, 5.74) is 2.32. The third-order valence-electron chi connectivity index (χ3n) is 14.7. The molecule has 4 aromatic rings. The van der Waals surface area contributed by atoms with Crippen LogP contribution in [0.15, 0.2) is 59.4 Å². The number of carbonyl (C=O) groups excluding carboxylic acids is 9. The topological polar surface area (TPSA) is 312 Å². The van der Waals surface area contributed by atoms with E-state index >= 15 is 4.39 Å². The van der Waals surface area contributed by atoms with Crippen LogP contribution in [-0.4, -0.2) is 132 Å². The summed E-state index contributed by atoms with van der Waals surface area (Å²) in [4.78, 5) is 133. The first-order valence-electron chi connectivity index (χ1n) is 25.7. The number of esters is 1. The van der Waals surface area contributed by atoms with Gasteiger partial charge in [0.25, 0.3) is 17.4 Å². The molecule has 5 atom stereocenters. The molecule has 2 aliphatic carbocycles. The first-order valence-corrected chi connectivity index (χ1v) is 25.7. The standard InChI is InChI=1S/C54H58FN9O14/c1-3-54(75)35-19-40-49-33(24-64(40)52(73)34(35)26-78-53(54)74)48-37(10-9-31-28(2)36(55)20-38(61-49)47(31)48)62-50(71)32-18-30(32)25-77-27-59-43(67)22-58-51(72)39(17-29-7-5-4-6-8-29)60-44(68)23-57-42(66)21-56-41(65)13-15-76-16-14-63-45(69)11-12-46(63)70/h4-8,11-12,19-20,30,32,37,39,75H,3,9-10,13-18,21-27H2,1-2H3,(H,56,65)(H,57,66)(H,58,72)(H,59,67)(H,60,68)(H,62,71)/t30?,32?,37-,39?,54-/m0/s1. The third kappa shape index (κ3) is 11.5. The predicted molar refractivity (Wildman–Crippen MR) is 271 cm³/mol. The maximum Gasteiger partial charge on any atom is 0.343 e. The molecule has 3 aliphatic heterocycles. The van der Waals surface area contributed by atoms with Crippen LogP contribution < -0.4 is 37.5 Å². The van der Waals surface area contributed by atoms with Crippen LogP contribution in [0.2, 0.25) is 0 Å². The van der Waals surface area contributed by atoms with Crippen molar-refractivity contribution in [2.24, 2.45) is 11.8 Å². The van der Waals surface area contributed by atoms with E-state index in [0.29, 0.717) is 58.2 Å². The van der Waals surface area contributed by atoms with Gasteiger partial charge in [0.05, 0.1) is 81.1 Å². The number of nitrogens with one attached hydrogen (secondary N) is 6. The Hall–Kier alpha value is -8.22. The highest BCUT2D eigenvalue weighted by Crippen LogP contribution is 2.47. The number of amides is 8. The Kier molecular flexibility index (Phi) is 16.2. The Bertz CT molecular complexity index is 3220. The molecule has 3 unspecified atom stereocenters. The van der Waals surface area contributed by atoms with Crippen molar-refractivity contribution in [1.82, 2.24) is 46.4 Å². The lowest BCUT2D eigenvalue weighted by Gasteiger charge is -2.31. The minimum atomic E-state index is -2.03. The van der Waals surface area contributed by atoms with Crippen molar-refractivity contribution in [2.75, 3.05) is 52.7 Å². The number of aryl methyl sites for hydroxylation is 1. The molecule has 0 bridgehead atoms. The Morgan fingerprint density at radius 1 is 0.885 bits per heavy atom. The van der Waals surface area contributed by atoms with E-state index < -0.39 is 102 Å². The smallest absolute Gasteiger partial charge is 0.343 e. The molecule has 2 aromatic carbocycles. The van der Waals surface area contributed by atoms with Crippen molar-refractivity contribution in [3.05, 3.63) is 110 Å². The van der Waals surface area contributed by atoms with Gasteiger partial charge in [-0.05, 0) is 66.8 Å². The fourth-order valence-corrected chi connectivity index (χ4v) is 10.3. The number of hydrogen-bond acceptors (Lipinski definition) is 15. The van der Waals surface area contributed by atoms with Gasteiger partial charge in [0.1, 0.15) is 25.2 Å². The van der Waals surface area contributed by atoms with E-state index in [1.54, 1.807) is 50.2 Å². The van der Waals surface area contributed by atoms with Gasteiger partial charge in [0, 0.05) is 53.5 Å². The summed E-state index contributed by atoms with van der Waals surface area (Å²) in [5.74, 6) is -6.16. The zero-order chi connectivity index (χ0) is 55.4. The van der Waals surface area contributed by atoms with Crippen LogP contribution >= 0.6 is 0 Å². The van der Waals surface area contributed by atoms with Crippen molar-refractivity contribution in [2.45, 2.75) is 83.2 Å². The number of aliphatic hydroxyl groups is 1. The molecule has 1 saturated carbocycles. The van der Waals surface area contributed by atoms with Crippen molar-refractivity contribution >= 4 is 64.1 Å². The van der Waals surface area contributed by atoms with Crippen LogP contribution in [0.4, 0.5) is 4.39 Å². The minimum absolute atomic E-state index is 0.0249. The Morgan fingerprint density at radius 3 is 2.36 bits per heavy atom. The van der Waals surface area contributed by atoms with Gasteiger partial charge in [-0.2, -0.15) is 0 Å². The van der Waals surface area contributed by atoms with E-state index in [4.69, 9.17) is 19.2 Å². The minimum Gasteiger partial charge on any atom is -0.458 e. The van der Waals surface area contributed by atoms with Gasteiger partial charge in [-0.15, -0.1) is 0 Å². The number of hydrogen-bond donors (Lipinski definition) is 7. The van der Waals surface area contributed by atoms with Gasteiger partial charge >= 0.3 is 5.97 Å². The number of fused-ring (bicyclic) bond motifs is 5. The predicted octanol–water partition coefficient (Wildman–Crippen LogP) is -0.235. The van der Waals surface area contributed by atoms with Crippen LogP contribution in [0, 0.1) is 24.6 Å². The van der Waals surface area contributed by atoms with Crippen LogP contribution in [0.3, 0.4) is 0 Å². The molecule has 8 amide bonds. The number of cyclic esters (lactones) is 1. The molecule has 0 radical (unpaired) electrons. The summed E-state index contributed by atoms with van der Waals surface area (Å²) >= 11 is 0. The number of pyridine rings is 2. The van der Waals surface area contributed by atoms with Crippen molar-refractivity contribution in [1.29, 1.82) is 0 Å². The second-order valence-corrected chi connectivity index (χ2v) is 19.7. The summed E-state index contributed by atoms with van der Waals surface area (Å²) in [6.45, 7) is 1.62. The Balaban J connectivity index is 0.724. The number of ether oxygens (including phenoxy) is 3. The van der Waals surface area contributed by atoms with Crippen LogP contribution in [-0.2, 0) is 89.0 Å². The van der Waals surface area contributed by atoms with Crippen LogP contribution in [0.1, 0.15) is 77.6 Å². The molecule has 410 valence electrons. The van der Waals surface area contributed by atoms with Gasteiger partial charge in [0.15, 0.2) is 5.60 Å². The average Bonchev–Trinajstić information content (AvgIpc) is 4.04. The molecule has 5 heterocycles. The molecule has 0 saturated heterocycles. The molecule has 0 spiro atoms. The molecular formula is C54H58FN9O14. The summed E-state index contributed by atoms with van der Waals surface area (Å²) in [6, 6.07) is 10.1. The quantitative estimate of drug-likeness (QED) is 0.0192. The molecule has 24 heteroatoms. The third-order valence-corrected chi connectivity index (χ3v) is 14.7. The zero-order valence-corrected chi connectivity index (χ0v) is 42.8. The molecular weight excluding hydrogens is 1020 g/mol. The van der Waals surface area contributed by atoms with E-state index in [1.807, 2.05) is 0 Å². The molecule has 7 N–H and O–H groups in total. The number of carbonyl (C=O) groups is 9. The number of rotatable bonds is 23. The van der Waals surface area contributed by atoms with Crippen molar-refractivity contribution in [3.8, 4) is 11.4 Å². The first-order chi connectivity index (χ1) is 37.4. The highest BCUT2D eigenvalue weighted by Gasteiger charge is 2.47. The zero-order valence-electron chi connectivity index (χ0n) is 42.8. The normalized spacial score (nSPS) is 19.8. The molecule has 9 rings (SSSR count). The number of halogens is 1. The number of benzene rings is 2. The number of nitrogens with zero attached hydrogens (tertiary/aromatic N) is 3. The second kappa shape index (κ2) is 23.2. The van der Waals surface area contributed by atoms with Crippen LogP contribution in [0.25, 0.3) is 22.3 Å². The summed E-state index contributed by atoms with van der Waals surface area (Å²) in [5, 5.41) is 27.7. The van der Waals surface area contributed by atoms with E-state index in [-0.39, 0.29) is 88.5 Å². The van der Waals surface area contributed by atoms with Gasteiger partial charge in [-0.1, -0.05) is 37.3 Å². The maximum atomic E-state index is 15.4. The number of aromatic nitrogens is 2. The monoisotopic (exact) mass is 1080 g/mol. The van der Waals surface area contributed by atoms with Gasteiger partial charge in [-0.25, -0.2) is 14.2 Å². The lowest BCUT2D eigenvalue weighted by Crippen LogP contribution is -2.52. The molecule has 1 fully saturated rings. The van der Waals surface area contributed by atoms with Gasteiger partial charge in [-0.3, -0.25) is 48.1 Å². The Labute approximate surface area is 445 Å². The largest absolute Gasteiger partial charge is 0.458 e. The van der Waals surface area contributed by atoms with E-state index in [9.17, 15) is 53.1 Å². The summed E-state index contributed by atoms with van der Waals surface area (Å²) in [7, 11) is 0. The van der Waals surface area contributed by atoms with Gasteiger partial charge in [0.2, 0.25) is 35.4 Å². The Morgan fingerprint density at radius 2 is 1.60 bits per heavy atom. The highest BCUT2D eigenvalue weighted by atomic mass is 19.1. The first kappa shape index (κ1) is 54.6. The lowest BCUT2D eigenvalue weighted by atomic mass is 9.81. The van der Waals surface area contributed by atoms with E-state index in [0.717, 1.165) is 28.2 Å². The fourth-order valence-electron chi connectivity index (χ4n) is 10.3. The molecule has 2 aromatic heterocycles.